The van der Waals surface area contributed by atoms with Gasteiger partial charge >= 0.3 is 0 Å². The van der Waals surface area contributed by atoms with Crippen LogP contribution in [0.4, 0.5) is 0 Å². The van der Waals surface area contributed by atoms with E-state index in [0.717, 1.165) is 18.4 Å². The predicted molar refractivity (Wildman–Crippen MR) is 48.3 cm³/mol. The van der Waals surface area contributed by atoms with Gasteiger partial charge in [-0.15, -0.1) is 4.91 Å². The third kappa shape index (κ3) is 1.11. The van der Waals surface area contributed by atoms with E-state index >= 15 is 0 Å². The van der Waals surface area contributed by atoms with Gasteiger partial charge in [-0.2, -0.15) is 0 Å². The van der Waals surface area contributed by atoms with Crippen LogP contribution in [0.5, 0.6) is 0 Å². The molecule has 1 aliphatic carbocycles. The smallest absolute Gasteiger partial charge is 0.133 e. The first-order valence-corrected chi connectivity index (χ1v) is 4.12. The van der Waals surface area contributed by atoms with Crippen LogP contribution in [0.1, 0.15) is 12.8 Å². The van der Waals surface area contributed by atoms with Crippen LogP contribution in [0.2, 0.25) is 0 Å². The summed E-state index contributed by atoms with van der Waals surface area (Å²) in [6, 6.07) is -0.0763. The van der Waals surface area contributed by atoms with E-state index in [9.17, 15) is 4.91 Å². The summed E-state index contributed by atoms with van der Waals surface area (Å²) < 4.78 is 0. The van der Waals surface area contributed by atoms with Gasteiger partial charge in [0.25, 0.3) is 0 Å². The molecule has 1 heterocycles. The minimum Gasteiger partial charge on any atom is -0.289 e. The Morgan fingerprint density at radius 1 is 1.58 bits per heavy atom. The van der Waals surface area contributed by atoms with Gasteiger partial charge in [-0.3, -0.25) is 4.99 Å². The highest BCUT2D eigenvalue weighted by molar-refractivity contribution is 5.63. The molecular formula is C9H10N2O. The predicted octanol–water partition coefficient (Wildman–Crippen LogP) is 1.85. The highest BCUT2D eigenvalue weighted by Crippen LogP contribution is 2.26. The third-order valence-electron chi connectivity index (χ3n) is 2.26. The van der Waals surface area contributed by atoms with Crippen molar-refractivity contribution in [1.29, 1.82) is 0 Å². The molecular weight excluding hydrogens is 152 g/mol. The lowest BCUT2D eigenvalue weighted by Crippen LogP contribution is -2.23. The molecule has 2 aliphatic rings. The van der Waals surface area contributed by atoms with Crippen molar-refractivity contribution in [3.8, 4) is 0 Å². The molecule has 0 aromatic heterocycles. The molecule has 0 aromatic carbocycles. The van der Waals surface area contributed by atoms with Crippen molar-refractivity contribution in [3.63, 3.8) is 0 Å². The van der Waals surface area contributed by atoms with Gasteiger partial charge in [-0.05, 0) is 12.0 Å². The van der Waals surface area contributed by atoms with E-state index in [1.54, 1.807) is 0 Å². The van der Waals surface area contributed by atoms with Crippen molar-refractivity contribution in [1.82, 2.24) is 0 Å². The van der Waals surface area contributed by atoms with Crippen molar-refractivity contribution in [2.45, 2.75) is 24.9 Å². The minimum atomic E-state index is -0.263. The highest BCUT2D eigenvalue weighted by Gasteiger charge is 2.24. The van der Waals surface area contributed by atoms with Crippen molar-refractivity contribution in [2.24, 2.45) is 10.2 Å². The zero-order chi connectivity index (χ0) is 8.39. The molecule has 0 radical (unpaired) electrons. The van der Waals surface area contributed by atoms with Gasteiger partial charge in [0.05, 0.1) is 6.04 Å². The van der Waals surface area contributed by atoms with E-state index in [0.29, 0.717) is 0 Å². The Balaban J connectivity index is 2.29. The molecule has 0 bridgehead atoms. The van der Waals surface area contributed by atoms with Gasteiger partial charge in [-0.1, -0.05) is 23.4 Å². The summed E-state index contributed by atoms with van der Waals surface area (Å²) in [6.07, 6.45) is 9.55. The number of allylic oxidation sites excluding steroid dienone is 1. The molecule has 0 fully saturated rings. The van der Waals surface area contributed by atoms with Crippen molar-refractivity contribution in [2.75, 3.05) is 0 Å². The maximum absolute atomic E-state index is 10.4. The van der Waals surface area contributed by atoms with Gasteiger partial charge in [-0.25, -0.2) is 0 Å². The Morgan fingerprint density at radius 3 is 3.33 bits per heavy atom. The molecule has 0 amide bonds. The Hall–Kier alpha value is -1.25. The number of fused-ring (bicyclic) bond motifs is 1. The lowest BCUT2D eigenvalue weighted by Gasteiger charge is -2.23. The van der Waals surface area contributed by atoms with Crippen LogP contribution in [0, 0.1) is 4.91 Å². The third-order valence-corrected chi connectivity index (χ3v) is 2.26. The van der Waals surface area contributed by atoms with Crippen LogP contribution in [0.15, 0.2) is 34.0 Å². The van der Waals surface area contributed by atoms with Crippen LogP contribution in [0.25, 0.3) is 0 Å². The van der Waals surface area contributed by atoms with Gasteiger partial charge < -0.3 is 0 Å². The molecule has 0 aromatic rings. The van der Waals surface area contributed by atoms with E-state index in [2.05, 4.69) is 16.2 Å². The maximum Gasteiger partial charge on any atom is 0.133 e. The largest absolute Gasteiger partial charge is 0.289 e. The summed E-state index contributed by atoms with van der Waals surface area (Å²) in [5, 5.41) is 3.05. The molecule has 2 rings (SSSR count). The fraction of sp³-hybridized carbons (Fsp3) is 0.444. The van der Waals surface area contributed by atoms with E-state index in [1.165, 1.54) is 0 Å². The number of aliphatic imine (C=N–C) groups is 1. The Morgan fingerprint density at radius 2 is 2.50 bits per heavy atom. The topological polar surface area (TPSA) is 41.8 Å². The quantitative estimate of drug-likeness (QED) is 0.428. The minimum absolute atomic E-state index is 0.187. The first-order chi connectivity index (χ1) is 5.92. The molecule has 2 atom stereocenters. The average molecular weight is 162 g/mol. The van der Waals surface area contributed by atoms with Crippen LogP contribution in [0.3, 0.4) is 0 Å². The highest BCUT2D eigenvalue weighted by atomic mass is 16.3. The fourth-order valence-corrected chi connectivity index (χ4v) is 1.66. The Bertz CT molecular complexity index is 278. The average Bonchev–Trinajstić information content (AvgIpc) is 2.17. The first kappa shape index (κ1) is 7.40. The second-order valence-electron chi connectivity index (χ2n) is 3.00. The number of hydrogen-bond acceptors (Lipinski definition) is 3. The monoisotopic (exact) mass is 162 g/mol. The van der Waals surface area contributed by atoms with E-state index in [4.69, 9.17) is 0 Å². The van der Waals surface area contributed by atoms with Crippen LogP contribution >= 0.6 is 0 Å². The van der Waals surface area contributed by atoms with Crippen LogP contribution in [-0.4, -0.2) is 18.3 Å². The summed E-state index contributed by atoms with van der Waals surface area (Å²) >= 11 is 0. The number of dihydropyridines is 1. The fourth-order valence-electron chi connectivity index (χ4n) is 1.66. The normalized spacial score (nSPS) is 32.5. The molecule has 12 heavy (non-hydrogen) atoms. The van der Waals surface area contributed by atoms with Gasteiger partial charge in [0, 0.05) is 12.6 Å². The molecule has 0 spiro atoms. The zero-order valence-corrected chi connectivity index (χ0v) is 6.68. The lowest BCUT2D eigenvalue weighted by atomic mass is 9.90. The van der Waals surface area contributed by atoms with Gasteiger partial charge in [0.1, 0.15) is 6.04 Å². The SMILES string of the molecule is O=NC1C=CCC2N=CCC=C12. The maximum atomic E-state index is 10.4. The van der Waals surface area contributed by atoms with Crippen molar-refractivity contribution >= 4 is 6.21 Å². The summed E-state index contributed by atoms with van der Waals surface area (Å²) in [6.45, 7) is 0. The Labute approximate surface area is 70.9 Å². The van der Waals surface area contributed by atoms with Crippen LogP contribution < -0.4 is 0 Å². The molecule has 2 unspecified atom stereocenters. The van der Waals surface area contributed by atoms with Crippen LogP contribution in [-0.2, 0) is 0 Å². The number of nitrogens with zero attached hydrogens (tertiary/aromatic N) is 2. The molecule has 1 aliphatic heterocycles. The summed E-state index contributed by atoms with van der Waals surface area (Å²) in [4.78, 5) is 14.7. The molecule has 62 valence electrons. The molecule has 0 N–H and O–H groups in total. The Kier molecular flexibility index (Phi) is 1.86. The summed E-state index contributed by atoms with van der Waals surface area (Å²) in [5.41, 5.74) is 1.08. The molecule has 3 nitrogen and oxygen atoms in total. The van der Waals surface area contributed by atoms with Gasteiger partial charge in [0.15, 0.2) is 0 Å². The number of hydrogen-bond donors (Lipinski definition) is 0. The second-order valence-corrected chi connectivity index (χ2v) is 3.00. The summed E-state index contributed by atoms with van der Waals surface area (Å²) in [5.74, 6) is 0. The molecule has 3 heteroatoms. The van der Waals surface area contributed by atoms with Crippen molar-refractivity contribution in [3.05, 3.63) is 28.7 Å². The number of nitroso groups, excluding NO2 is 1. The van der Waals surface area contributed by atoms with E-state index in [-0.39, 0.29) is 12.1 Å². The second kappa shape index (κ2) is 3.01. The molecule has 0 saturated carbocycles. The van der Waals surface area contributed by atoms with E-state index < -0.39 is 0 Å². The van der Waals surface area contributed by atoms with E-state index in [1.807, 2.05) is 18.4 Å². The summed E-state index contributed by atoms with van der Waals surface area (Å²) in [7, 11) is 0. The van der Waals surface area contributed by atoms with Crippen molar-refractivity contribution < 1.29 is 0 Å². The zero-order valence-electron chi connectivity index (χ0n) is 6.68. The first-order valence-electron chi connectivity index (χ1n) is 4.12. The lowest BCUT2D eigenvalue weighted by molar-refractivity contribution is 0.686. The van der Waals surface area contributed by atoms with Gasteiger partial charge in [0.2, 0.25) is 0 Å². The number of rotatable bonds is 1. The molecule has 0 saturated heterocycles. The standard InChI is InChI=1S/C9H10N2O/c12-11-9-5-1-4-8-7(9)3-2-6-10-8/h1,3,5-6,8-9H,2,4H2.